The first-order valence-electron chi connectivity index (χ1n) is 38.1. The fraction of sp³-hybridized carbons (Fsp3) is 0.654. The second-order valence-corrected chi connectivity index (χ2v) is 27.7. The lowest BCUT2D eigenvalue weighted by atomic mass is 10.0. The van der Waals surface area contributed by atoms with E-state index in [9.17, 15) is 43.2 Å². The molecule has 0 aliphatic heterocycles. The zero-order chi connectivity index (χ0) is 73.2. The van der Waals surface area contributed by atoms with Gasteiger partial charge in [-0.15, -0.1) is 0 Å². The molecule has 0 bridgehead atoms. The number of aliphatic hydroxyl groups excluding tert-OH is 1. The van der Waals surface area contributed by atoms with Crippen molar-refractivity contribution < 1.29 is 80.2 Å². The van der Waals surface area contributed by atoms with Gasteiger partial charge < -0.3 is 33.8 Å². The minimum Gasteiger partial charge on any atom is -0.462 e. The molecule has 17 nitrogen and oxygen atoms in total. The summed E-state index contributed by atoms with van der Waals surface area (Å²) in [5.41, 5.74) is 0. The molecule has 5 unspecified atom stereocenters. The van der Waals surface area contributed by atoms with Crippen LogP contribution in [-0.4, -0.2) is 96.7 Å². The van der Waals surface area contributed by atoms with E-state index in [4.69, 9.17) is 37.0 Å². The summed E-state index contributed by atoms with van der Waals surface area (Å²) in [6, 6.07) is 0. The molecule has 0 saturated carbocycles. The van der Waals surface area contributed by atoms with Gasteiger partial charge in [-0.3, -0.25) is 37.3 Å². The Morgan fingerprint density at radius 3 is 0.920 bits per heavy atom. The highest BCUT2D eigenvalue weighted by atomic mass is 31.2. The Morgan fingerprint density at radius 2 is 0.560 bits per heavy atom. The summed E-state index contributed by atoms with van der Waals surface area (Å²) in [4.78, 5) is 72.8. The lowest BCUT2D eigenvalue weighted by Gasteiger charge is -2.21. The maximum absolute atomic E-state index is 13.1. The number of hydrogen-bond donors (Lipinski definition) is 3. The zero-order valence-corrected chi connectivity index (χ0v) is 63.9. The van der Waals surface area contributed by atoms with E-state index in [0.717, 1.165) is 141 Å². The van der Waals surface area contributed by atoms with Gasteiger partial charge in [0.25, 0.3) is 0 Å². The standard InChI is InChI=1S/C81H134O17P2/c1-5-9-13-17-21-25-29-33-35-36-37-38-40-43-46-50-54-58-62-66-79(84)92-72-77(98-81(86)68-64-60-56-52-48-44-39-34-30-26-22-18-14-10-6-2)74-96-100(89,90)94-70-75(82)69-93-99(87,88)95-73-76(97-80(85)67-63-59-55-51-47-42-32-28-24-20-16-12-8-4)71-91-78(83)65-61-57-53-49-45-41-31-27-23-19-15-11-7-3/h9-10,13-15,19,21-22,25-27,31,33-35,37-39,43,46,48,52,54,58,75-77,82H,5-8,11-12,16-18,20,23-24,28-30,32,36,40-42,44-45,47,49-51,53,55-57,59-74H2,1-4H3,(H,87,88)(H,89,90)/b13-9-,14-10-,19-15-,25-21-,26-22-,31-27-,35-33-,38-37-,39-34-,46-43-,52-48-,58-54-. The number of carbonyl (C=O) groups is 4. The lowest BCUT2D eigenvalue weighted by molar-refractivity contribution is -0.161. The number of aliphatic hydroxyl groups is 1. The Labute approximate surface area is 605 Å². The molecule has 570 valence electrons. The number of unbranched alkanes of at least 4 members (excludes halogenated alkanes) is 20. The average molecular weight is 1440 g/mol. The summed E-state index contributed by atoms with van der Waals surface area (Å²) >= 11 is 0. The number of phosphoric ester groups is 2. The van der Waals surface area contributed by atoms with Crippen LogP contribution >= 0.6 is 15.6 Å². The highest BCUT2D eigenvalue weighted by molar-refractivity contribution is 7.47. The van der Waals surface area contributed by atoms with Gasteiger partial charge >= 0.3 is 39.5 Å². The van der Waals surface area contributed by atoms with Crippen LogP contribution in [0.2, 0.25) is 0 Å². The van der Waals surface area contributed by atoms with Crippen LogP contribution in [0.4, 0.5) is 0 Å². The van der Waals surface area contributed by atoms with Crippen LogP contribution in [0.1, 0.15) is 285 Å². The quantitative estimate of drug-likeness (QED) is 0.0169. The molecule has 0 aromatic rings. The van der Waals surface area contributed by atoms with E-state index in [-0.39, 0.29) is 25.7 Å². The van der Waals surface area contributed by atoms with Crippen LogP contribution in [0.15, 0.2) is 146 Å². The first-order valence-corrected chi connectivity index (χ1v) is 41.1. The van der Waals surface area contributed by atoms with Crippen LogP contribution in [-0.2, 0) is 65.4 Å². The Morgan fingerprint density at radius 1 is 0.290 bits per heavy atom. The second kappa shape index (κ2) is 72.3. The van der Waals surface area contributed by atoms with E-state index in [0.29, 0.717) is 38.5 Å². The van der Waals surface area contributed by atoms with Crippen LogP contribution < -0.4 is 0 Å². The van der Waals surface area contributed by atoms with E-state index in [1.807, 2.05) is 18.2 Å². The van der Waals surface area contributed by atoms with Crippen LogP contribution in [0, 0.1) is 0 Å². The summed E-state index contributed by atoms with van der Waals surface area (Å²) in [5.74, 6) is -2.34. The number of phosphoric acid groups is 2. The van der Waals surface area contributed by atoms with Crippen molar-refractivity contribution in [3.05, 3.63) is 146 Å². The van der Waals surface area contributed by atoms with Crippen molar-refractivity contribution in [2.45, 2.75) is 303 Å². The molecule has 3 N–H and O–H groups in total. The van der Waals surface area contributed by atoms with Crippen molar-refractivity contribution in [1.82, 2.24) is 0 Å². The van der Waals surface area contributed by atoms with Crippen LogP contribution in [0.3, 0.4) is 0 Å². The van der Waals surface area contributed by atoms with Gasteiger partial charge in [-0.25, -0.2) is 9.13 Å². The largest absolute Gasteiger partial charge is 0.472 e. The van der Waals surface area contributed by atoms with Gasteiger partial charge in [-0.2, -0.15) is 0 Å². The summed E-state index contributed by atoms with van der Waals surface area (Å²) in [5, 5.41) is 10.6. The van der Waals surface area contributed by atoms with Gasteiger partial charge in [0, 0.05) is 25.7 Å². The maximum Gasteiger partial charge on any atom is 0.472 e. The first kappa shape index (κ1) is 94.9. The van der Waals surface area contributed by atoms with Crippen molar-refractivity contribution in [3.63, 3.8) is 0 Å². The summed E-state index contributed by atoms with van der Waals surface area (Å²) in [7, 11) is -9.99. The third kappa shape index (κ3) is 71.3. The molecule has 0 saturated heterocycles. The monoisotopic (exact) mass is 1440 g/mol. The predicted octanol–water partition coefficient (Wildman–Crippen LogP) is 21.9. The number of ether oxygens (including phenoxy) is 4. The molecule has 100 heavy (non-hydrogen) atoms. The highest BCUT2D eigenvalue weighted by Crippen LogP contribution is 2.45. The predicted molar refractivity (Wildman–Crippen MR) is 408 cm³/mol. The van der Waals surface area contributed by atoms with E-state index < -0.39 is 97.5 Å². The molecule has 0 rings (SSSR count). The number of esters is 4. The summed E-state index contributed by atoms with van der Waals surface area (Å²) in [6.45, 7) is 4.42. The normalized spacial score (nSPS) is 14.8. The fourth-order valence-corrected chi connectivity index (χ4v) is 11.1. The molecule has 0 fully saturated rings. The van der Waals surface area contributed by atoms with Crippen molar-refractivity contribution in [1.29, 1.82) is 0 Å². The van der Waals surface area contributed by atoms with Gasteiger partial charge in [0.05, 0.1) is 26.4 Å². The number of hydrogen-bond acceptors (Lipinski definition) is 15. The Balaban J connectivity index is 5.46. The molecule has 0 aliphatic carbocycles. The highest BCUT2D eigenvalue weighted by Gasteiger charge is 2.30. The van der Waals surface area contributed by atoms with Crippen molar-refractivity contribution >= 4 is 39.5 Å². The minimum atomic E-state index is -5.01. The molecule has 0 aromatic heterocycles. The fourth-order valence-electron chi connectivity index (χ4n) is 9.57. The second-order valence-electron chi connectivity index (χ2n) is 24.8. The Hall–Kier alpha value is -5.06. The van der Waals surface area contributed by atoms with Crippen molar-refractivity contribution in [2.75, 3.05) is 39.6 Å². The molecule has 0 radical (unpaired) electrons. The van der Waals surface area contributed by atoms with Crippen molar-refractivity contribution in [3.8, 4) is 0 Å². The molecule has 0 aromatic carbocycles. The molecule has 0 heterocycles. The third-order valence-electron chi connectivity index (χ3n) is 15.3. The smallest absolute Gasteiger partial charge is 0.462 e. The topological polar surface area (TPSA) is 237 Å². The number of rotatable bonds is 70. The third-order valence-corrected chi connectivity index (χ3v) is 17.2. The van der Waals surface area contributed by atoms with Crippen molar-refractivity contribution in [2.24, 2.45) is 0 Å². The molecular weight excluding hydrogens is 1310 g/mol. The SMILES string of the molecule is CC/C=C\C/C=C\C/C=C\C/C=C\C/C=C\C/C=C\CCC(=O)OCC(COP(=O)(O)OCC(O)COP(=O)(O)OCC(COC(=O)CCCCCCC/C=C\C/C=C\CCC)OC(=O)CCCCCCCCCCCCCCC)OC(=O)CCCC/C=C\C/C=C\C/C=C\C/C=C\CC. The molecule has 0 amide bonds. The number of allylic oxidation sites excluding steroid dienone is 24. The zero-order valence-electron chi connectivity index (χ0n) is 62.1. The average Bonchev–Trinajstić information content (AvgIpc) is 0.946. The molecular formula is C81H134O17P2. The van der Waals surface area contributed by atoms with E-state index >= 15 is 0 Å². The molecule has 0 spiro atoms. The van der Waals surface area contributed by atoms with Gasteiger partial charge in [0.2, 0.25) is 0 Å². The van der Waals surface area contributed by atoms with Gasteiger partial charge in [-0.05, 0) is 128 Å². The van der Waals surface area contributed by atoms with E-state index in [1.54, 1.807) is 0 Å². The lowest BCUT2D eigenvalue weighted by Crippen LogP contribution is -2.30. The summed E-state index contributed by atoms with van der Waals surface area (Å²) < 4.78 is 68.3. The minimum absolute atomic E-state index is 0.0223. The van der Waals surface area contributed by atoms with E-state index in [1.165, 1.54) is 51.4 Å². The van der Waals surface area contributed by atoms with Gasteiger partial charge in [-0.1, -0.05) is 276 Å². The Bertz CT molecular complexity index is 2470. The van der Waals surface area contributed by atoms with Gasteiger partial charge in [0.1, 0.15) is 19.3 Å². The molecule has 0 aliphatic rings. The molecule has 5 atom stereocenters. The maximum atomic E-state index is 13.1. The summed E-state index contributed by atoms with van der Waals surface area (Å²) in [6.07, 6.45) is 81.5. The van der Waals surface area contributed by atoms with Gasteiger partial charge in [0.15, 0.2) is 12.2 Å². The molecule has 19 heteroatoms. The number of carbonyl (C=O) groups excluding carboxylic acids is 4. The first-order chi connectivity index (χ1) is 48.7. The van der Waals surface area contributed by atoms with Crippen LogP contribution in [0.5, 0.6) is 0 Å². The van der Waals surface area contributed by atoms with Crippen LogP contribution in [0.25, 0.3) is 0 Å². The Kier molecular flexibility index (Phi) is 68.6. The van der Waals surface area contributed by atoms with E-state index in [2.05, 4.69) is 155 Å².